The summed E-state index contributed by atoms with van der Waals surface area (Å²) < 4.78 is 0. The lowest BCUT2D eigenvalue weighted by Crippen LogP contribution is -2.42. The van der Waals surface area contributed by atoms with E-state index in [2.05, 4.69) is 10.6 Å². The van der Waals surface area contributed by atoms with E-state index in [1.54, 1.807) is 18.2 Å². The molecule has 6 heteroatoms. The standard InChI is InChI=1S/C14H17N3O3/c18-14(16-12-6-8-15-9-7-12)5-4-11-2-1-3-13(10-11)17(19)20/h1-5,10,12,15H,6-9H2,(H,16,18)/b5-4+. The summed E-state index contributed by atoms with van der Waals surface area (Å²) in [5, 5.41) is 16.8. The predicted octanol–water partition coefficient (Wildman–Crippen LogP) is 1.48. The van der Waals surface area contributed by atoms with Crippen molar-refractivity contribution in [2.75, 3.05) is 13.1 Å². The van der Waals surface area contributed by atoms with Crippen LogP contribution in [0.5, 0.6) is 0 Å². The van der Waals surface area contributed by atoms with Crippen LogP contribution in [-0.2, 0) is 4.79 Å². The highest BCUT2D eigenvalue weighted by Crippen LogP contribution is 2.14. The van der Waals surface area contributed by atoms with Crippen molar-refractivity contribution >= 4 is 17.7 Å². The smallest absolute Gasteiger partial charge is 0.270 e. The topological polar surface area (TPSA) is 84.3 Å². The molecule has 2 N–H and O–H groups in total. The maximum Gasteiger partial charge on any atom is 0.270 e. The number of rotatable bonds is 4. The third-order valence-corrected chi connectivity index (χ3v) is 3.19. The number of nitrogens with zero attached hydrogens (tertiary/aromatic N) is 1. The molecule has 1 aliphatic rings. The number of piperidine rings is 1. The van der Waals surface area contributed by atoms with Gasteiger partial charge in [0.1, 0.15) is 0 Å². The van der Waals surface area contributed by atoms with Crippen molar-refractivity contribution in [2.24, 2.45) is 0 Å². The van der Waals surface area contributed by atoms with Gasteiger partial charge in [-0.15, -0.1) is 0 Å². The van der Waals surface area contributed by atoms with Gasteiger partial charge in [0.25, 0.3) is 5.69 Å². The Labute approximate surface area is 117 Å². The van der Waals surface area contributed by atoms with Gasteiger partial charge < -0.3 is 10.6 Å². The molecule has 1 aromatic rings. The molecule has 0 unspecified atom stereocenters. The van der Waals surface area contributed by atoms with E-state index < -0.39 is 4.92 Å². The molecule has 0 bridgehead atoms. The van der Waals surface area contributed by atoms with E-state index in [1.807, 2.05) is 0 Å². The Balaban J connectivity index is 1.92. The Morgan fingerprint density at radius 1 is 1.40 bits per heavy atom. The molecule has 1 aliphatic heterocycles. The number of amides is 1. The summed E-state index contributed by atoms with van der Waals surface area (Å²) in [5.74, 6) is -0.164. The van der Waals surface area contributed by atoms with Gasteiger partial charge in [-0.25, -0.2) is 0 Å². The number of hydrogen-bond acceptors (Lipinski definition) is 4. The van der Waals surface area contributed by atoms with Crippen LogP contribution in [-0.4, -0.2) is 30.0 Å². The lowest BCUT2D eigenvalue weighted by atomic mass is 10.1. The first-order valence-corrected chi connectivity index (χ1v) is 6.59. The van der Waals surface area contributed by atoms with Gasteiger partial charge in [0.2, 0.25) is 5.91 Å². The summed E-state index contributed by atoms with van der Waals surface area (Å²) in [6.07, 6.45) is 4.86. The number of nitrogens with one attached hydrogen (secondary N) is 2. The quantitative estimate of drug-likeness (QED) is 0.495. The summed E-state index contributed by atoms with van der Waals surface area (Å²) in [4.78, 5) is 21.9. The Morgan fingerprint density at radius 2 is 2.15 bits per heavy atom. The van der Waals surface area contributed by atoms with Crippen LogP contribution in [0.25, 0.3) is 6.08 Å². The second-order valence-electron chi connectivity index (χ2n) is 4.72. The van der Waals surface area contributed by atoms with E-state index >= 15 is 0 Å². The molecular weight excluding hydrogens is 258 g/mol. The fourth-order valence-electron chi connectivity index (χ4n) is 2.13. The summed E-state index contributed by atoms with van der Waals surface area (Å²) in [7, 11) is 0. The number of nitro groups is 1. The summed E-state index contributed by atoms with van der Waals surface area (Å²) in [5.41, 5.74) is 0.658. The second-order valence-corrected chi connectivity index (χ2v) is 4.72. The van der Waals surface area contributed by atoms with E-state index in [1.165, 1.54) is 18.2 Å². The Hall–Kier alpha value is -2.21. The van der Waals surface area contributed by atoms with Crippen molar-refractivity contribution in [2.45, 2.75) is 18.9 Å². The number of non-ortho nitro benzene ring substituents is 1. The molecule has 1 aromatic carbocycles. The van der Waals surface area contributed by atoms with Crippen LogP contribution in [0.1, 0.15) is 18.4 Å². The number of nitro benzene ring substituents is 1. The largest absolute Gasteiger partial charge is 0.350 e. The molecule has 1 saturated heterocycles. The average molecular weight is 275 g/mol. The minimum Gasteiger partial charge on any atom is -0.350 e. The van der Waals surface area contributed by atoms with Crippen LogP contribution in [0.3, 0.4) is 0 Å². The molecular formula is C14H17N3O3. The Kier molecular flexibility index (Phi) is 4.84. The molecule has 0 aromatic heterocycles. The minimum atomic E-state index is -0.452. The van der Waals surface area contributed by atoms with Gasteiger partial charge in [-0.05, 0) is 37.6 Å². The molecule has 1 fully saturated rings. The molecule has 0 atom stereocenters. The maximum atomic E-state index is 11.8. The highest BCUT2D eigenvalue weighted by molar-refractivity contribution is 5.92. The van der Waals surface area contributed by atoms with Crippen molar-refractivity contribution in [3.63, 3.8) is 0 Å². The van der Waals surface area contributed by atoms with Gasteiger partial charge in [-0.1, -0.05) is 12.1 Å². The highest BCUT2D eigenvalue weighted by atomic mass is 16.6. The van der Waals surface area contributed by atoms with E-state index in [-0.39, 0.29) is 17.6 Å². The molecule has 106 valence electrons. The SMILES string of the molecule is O=C(/C=C/c1cccc([N+](=O)[O-])c1)NC1CCNCC1. The zero-order valence-electron chi connectivity index (χ0n) is 11.0. The zero-order chi connectivity index (χ0) is 14.4. The Morgan fingerprint density at radius 3 is 2.85 bits per heavy atom. The van der Waals surface area contributed by atoms with Crippen LogP contribution in [0.15, 0.2) is 30.3 Å². The summed E-state index contributed by atoms with van der Waals surface area (Å²) >= 11 is 0. The number of carbonyl (C=O) groups excluding carboxylic acids is 1. The molecule has 1 amide bonds. The predicted molar refractivity (Wildman–Crippen MR) is 76.2 cm³/mol. The van der Waals surface area contributed by atoms with Crippen molar-refractivity contribution in [3.8, 4) is 0 Å². The first kappa shape index (κ1) is 14.2. The van der Waals surface area contributed by atoms with Gasteiger partial charge in [-0.3, -0.25) is 14.9 Å². The van der Waals surface area contributed by atoms with E-state index in [0.29, 0.717) is 5.56 Å². The monoisotopic (exact) mass is 275 g/mol. The third-order valence-electron chi connectivity index (χ3n) is 3.19. The minimum absolute atomic E-state index is 0.0194. The normalized spacial score (nSPS) is 16.2. The lowest BCUT2D eigenvalue weighted by Gasteiger charge is -2.22. The van der Waals surface area contributed by atoms with Crippen LogP contribution in [0, 0.1) is 10.1 Å². The first-order chi connectivity index (χ1) is 9.65. The van der Waals surface area contributed by atoms with Gasteiger partial charge >= 0.3 is 0 Å². The van der Waals surface area contributed by atoms with Gasteiger partial charge in [0, 0.05) is 24.3 Å². The van der Waals surface area contributed by atoms with Gasteiger partial charge in [0.15, 0.2) is 0 Å². The Bertz CT molecular complexity index is 522. The fraction of sp³-hybridized carbons (Fsp3) is 0.357. The third kappa shape index (κ3) is 4.17. The molecule has 0 radical (unpaired) electrons. The maximum absolute atomic E-state index is 11.8. The first-order valence-electron chi connectivity index (χ1n) is 6.59. The second kappa shape index (κ2) is 6.81. The van der Waals surface area contributed by atoms with Gasteiger partial charge in [0.05, 0.1) is 4.92 Å². The molecule has 1 heterocycles. The van der Waals surface area contributed by atoms with Crippen LogP contribution in [0.4, 0.5) is 5.69 Å². The molecule has 6 nitrogen and oxygen atoms in total. The molecule has 0 aliphatic carbocycles. The van der Waals surface area contributed by atoms with Crippen LogP contribution >= 0.6 is 0 Å². The van der Waals surface area contributed by atoms with Crippen molar-refractivity contribution in [1.29, 1.82) is 0 Å². The zero-order valence-corrected chi connectivity index (χ0v) is 11.0. The molecule has 2 rings (SSSR count). The number of carbonyl (C=O) groups is 1. The fourth-order valence-corrected chi connectivity index (χ4v) is 2.13. The molecule has 0 spiro atoms. The van der Waals surface area contributed by atoms with Crippen molar-refractivity contribution < 1.29 is 9.72 Å². The van der Waals surface area contributed by atoms with E-state index in [9.17, 15) is 14.9 Å². The van der Waals surface area contributed by atoms with Crippen molar-refractivity contribution in [1.82, 2.24) is 10.6 Å². The van der Waals surface area contributed by atoms with Crippen molar-refractivity contribution in [3.05, 3.63) is 46.0 Å². The molecule has 0 saturated carbocycles. The molecule has 20 heavy (non-hydrogen) atoms. The van der Waals surface area contributed by atoms with E-state index in [4.69, 9.17) is 0 Å². The van der Waals surface area contributed by atoms with Crippen LogP contribution in [0.2, 0.25) is 0 Å². The average Bonchev–Trinajstić information content (AvgIpc) is 2.46. The van der Waals surface area contributed by atoms with Crippen LogP contribution < -0.4 is 10.6 Å². The number of benzene rings is 1. The van der Waals surface area contributed by atoms with Gasteiger partial charge in [-0.2, -0.15) is 0 Å². The highest BCUT2D eigenvalue weighted by Gasteiger charge is 2.13. The van der Waals surface area contributed by atoms with E-state index in [0.717, 1.165) is 25.9 Å². The summed E-state index contributed by atoms with van der Waals surface area (Å²) in [6, 6.07) is 6.39. The number of hydrogen-bond donors (Lipinski definition) is 2. The lowest BCUT2D eigenvalue weighted by molar-refractivity contribution is -0.384. The summed E-state index contributed by atoms with van der Waals surface area (Å²) in [6.45, 7) is 1.83.